The van der Waals surface area contributed by atoms with E-state index in [0.717, 1.165) is 24.2 Å². The zero-order chi connectivity index (χ0) is 23.2. The van der Waals surface area contributed by atoms with Crippen LogP contribution in [-0.4, -0.2) is 61.8 Å². The van der Waals surface area contributed by atoms with E-state index in [0.29, 0.717) is 52.7 Å². The standard InChI is InChI=1S/C25H29N7O2/c1-14-23(34-2)12-21(29-28-14)15-3-8-20(22(33)9-15)25-26-13-24(30-31-25)32(18-6-7-18)19-10-16-4-5-17(11-19)27-16/h3,8-9,12-13,16-19,27,33H,4-7,10-11H2,1-2H3/t16-,17+,19-. The first kappa shape index (κ1) is 21.2. The van der Waals surface area contributed by atoms with Gasteiger partial charge in [-0.1, -0.05) is 6.07 Å². The Hall–Kier alpha value is -3.33. The average molecular weight is 460 g/mol. The second kappa shape index (κ2) is 8.47. The smallest absolute Gasteiger partial charge is 0.185 e. The number of aryl methyl sites for hydroxylation is 1. The summed E-state index contributed by atoms with van der Waals surface area (Å²) in [4.78, 5) is 7.05. The summed E-state index contributed by atoms with van der Waals surface area (Å²) < 4.78 is 5.34. The Labute approximate surface area is 198 Å². The first-order chi connectivity index (χ1) is 16.6. The van der Waals surface area contributed by atoms with Crippen molar-refractivity contribution >= 4 is 5.82 Å². The number of hydrogen-bond acceptors (Lipinski definition) is 9. The van der Waals surface area contributed by atoms with Gasteiger partial charge >= 0.3 is 0 Å². The van der Waals surface area contributed by atoms with Crippen LogP contribution in [0.1, 0.15) is 44.2 Å². The van der Waals surface area contributed by atoms with E-state index >= 15 is 0 Å². The van der Waals surface area contributed by atoms with Crippen molar-refractivity contribution in [2.75, 3.05) is 12.0 Å². The minimum absolute atomic E-state index is 0.0716. The number of aromatic nitrogens is 5. The molecule has 6 rings (SSSR count). The number of benzene rings is 1. The third kappa shape index (κ3) is 3.94. The predicted octanol–water partition coefficient (Wildman–Crippen LogP) is 3.27. The summed E-state index contributed by atoms with van der Waals surface area (Å²) in [6.45, 7) is 1.84. The molecule has 2 saturated heterocycles. The minimum atomic E-state index is 0.0716. The van der Waals surface area contributed by atoms with Crippen LogP contribution in [0.2, 0.25) is 0 Å². The van der Waals surface area contributed by atoms with Gasteiger partial charge in [-0.25, -0.2) is 4.98 Å². The number of phenols is 1. The molecule has 34 heavy (non-hydrogen) atoms. The van der Waals surface area contributed by atoms with Crippen molar-refractivity contribution < 1.29 is 9.84 Å². The van der Waals surface area contributed by atoms with Gasteiger partial charge in [-0.15, -0.1) is 15.3 Å². The number of hydrogen-bond donors (Lipinski definition) is 2. The zero-order valence-corrected chi connectivity index (χ0v) is 19.5. The molecule has 9 heteroatoms. The molecule has 0 radical (unpaired) electrons. The second-order valence-electron chi connectivity index (χ2n) is 9.66. The third-order valence-electron chi connectivity index (χ3n) is 7.28. The topological polar surface area (TPSA) is 109 Å². The molecule has 1 aliphatic carbocycles. The molecule has 1 aromatic carbocycles. The summed E-state index contributed by atoms with van der Waals surface area (Å²) in [5, 5.41) is 31.8. The van der Waals surface area contributed by atoms with Gasteiger partial charge in [0.15, 0.2) is 11.6 Å². The maximum absolute atomic E-state index is 10.7. The largest absolute Gasteiger partial charge is 0.507 e. The number of nitrogens with one attached hydrogen (secondary N) is 1. The number of ether oxygens (including phenoxy) is 1. The van der Waals surface area contributed by atoms with Gasteiger partial charge in [-0.3, -0.25) is 0 Å². The molecule has 4 heterocycles. The number of fused-ring (bicyclic) bond motifs is 2. The van der Waals surface area contributed by atoms with Crippen LogP contribution in [0.25, 0.3) is 22.6 Å². The van der Waals surface area contributed by atoms with Crippen molar-refractivity contribution in [3.63, 3.8) is 0 Å². The summed E-state index contributed by atoms with van der Waals surface area (Å²) in [6, 6.07) is 9.40. The SMILES string of the molecule is COc1cc(-c2ccc(-c3ncc(N(C4CC4)[C@@H]4C[C@H]5CC[C@@H](C4)N5)nn3)c(O)c2)nnc1C. The van der Waals surface area contributed by atoms with E-state index in [1.807, 2.05) is 25.3 Å². The van der Waals surface area contributed by atoms with Crippen LogP contribution in [0, 0.1) is 6.92 Å². The molecule has 2 aliphatic heterocycles. The molecule has 2 aromatic heterocycles. The summed E-state index contributed by atoms with van der Waals surface area (Å²) in [5.74, 6) is 1.97. The second-order valence-corrected chi connectivity index (χ2v) is 9.66. The molecule has 0 unspecified atom stereocenters. The van der Waals surface area contributed by atoms with Crippen molar-refractivity contribution in [2.24, 2.45) is 0 Å². The highest BCUT2D eigenvalue weighted by atomic mass is 16.5. The fraction of sp³-hybridized carbons (Fsp3) is 0.480. The highest BCUT2D eigenvalue weighted by Gasteiger charge is 2.41. The molecule has 3 aromatic rings. The van der Waals surface area contributed by atoms with Gasteiger partial charge in [0.05, 0.1) is 24.6 Å². The van der Waals surface area contributed by atoms with E-state index < -0.39 is 0 Å². The number of nitrogens with zero attached hydrogens (tertiary/aromatic N) is 6. The molecule has 3 fully saturated rings. The summed E-state index contributed by atoms with van der Waals surface area (Å²) in [7, 11) is 1.60. The van der Waals surface area contributed by atoms with Gasteiger partial charge in [-0.05, 0) is 57.6 Å². The number of piperidine rings is 1. The summed E-state index contributed by atoms with van der Waals surface area (Å²) >= 11 is 0. The van der Waals surface area contributed by atoms with Crippen molar-refractivity contribution in [3.05, 3.63) is 36.2 Å². The normalized spacial score (nSPS) is 23.6. The lowest BCUT2D eigenvalue weighted by Crippen LogP contribution is -2.49. The Balaban J connectivity index is 1.24. The maximum atomic E-state index is 10.7. The molecule has 9 nitrogen and oxygen atoms in total. The van der Waals surface area contributed by atoms with E-state index in [1.165, 1.54) is 25.7 Å². The van der Waals surface area contributed by atoms with Crippen molar-refractivity contribution in [3.8, 4) is 34.1 Å². The van der Waals surface area contributed by atoms with E-state index in [-0.39, 0.29) is 5.75 Å². The average Bonchev–Trinajstić information content (AvgIpc) is 3.63. The Morgan fingerprint density at radius 3 is 2.41 bits per heavy atom. The van der Waals surface area contributed by atoms with Crippen molar-refractivity contribution in [1.29, 1.82) is 0 Å². The van der Waals surface area contributed by atoms with Crippen molar-refractivity contribution in [2.45, 2.75) is 69.6 Å². The monoisotopic (exact) mass is 459 g/mol. The van der Waals surface area contributed by atoms with Crippen LogP contribution in [0.3, 0.4) is 0 Å². The highest BCUT2D eigenvalue weighted by molar-refractivity contribution is 5.71. The predicted molar refractivity (Wildman–Crippen MR) is 128 cm³/mol. The molecule has 1 saturated carbocycles. The first-order valence-corrected chi connectivity index (χ1v) is 12.0. The summed E-state index contributed by atoms with van der Waals surface area (Å²) in [6.07, 6.45) is 9.10. The summed E-state index contributed by atoms with van der Waals surface area (Å²) in [5.41, 5.74) is 2.60. The number of methoxy groups -OCH3 is 1. The van der Waals surface area contributed by atoms with E-state index in [2.05, 4.69) is 35.6 Å². The molecular formula is C25H29N7O2. The molecule has 176 valence electrons. The van der Waals surface area contributed by atoms with E-state index in [9.17, 15) is 5.11 Å². The third-order valence-corrected chi connectivity index (χ3v) is 7.28. The fourth-order valence-electron chi connectivity index (χ4n) is 5.45. The Bertz CT molecular complexity index is 1190. The van der Waals surface area contributed by atoms with Gasteiger partial charge in [0.25, 0.3) is 0 Å². The number of rotatable bonds is 6. The quantitative estimate of drug-likeness (QED) is 0.574. The Morgan fingerprint density at radius 1 is 0.971 bits per heavy atom. The van der Waals surface area contributed by atoms with Crippen molar-refractivity contribution in [1.82, 2.24) is 30.7 Å². The lowest BCUT2D eigenvalue weighted by atomic mass is 9.98. The van der Waals surface area contributed by atoms with Gasteiger partial charge < -0.3 is 20.1 Å². The molecule has 3 aliphatic rings. The fourth-order valence-corrected chi connectivity index (χ4v) is 5.45. The maximum Gasteiger partial charge on any atom is 0.185 e. The van der Waals surface area contributed by atoms with Crippen LogP contribution >= 0.6 is 0 Å². The molecule has 2 bridgehead atoms. The number of aromatic hydroxyl groups is 1. The highest BCUT2D eigenvalue weighted by Crippen LogP contribution is 2.39. The van der Waals surface area contributed by atoms with Gasteiger partial charge in [0.1, 0.15) is 17.2 Å². The molecule has 0 spiro atoms. The Morgan fingerprint density at radius 2 is 1.76 bits per heavy atom. The molecular weight excluding hydrogens is 430 g/mol. The van der Waals surface area contributed by atoms with E-state index in [1.54, 1.807) is 19.2 Å². The number of phenolic OH excluding ortho intramolecular Hbond substituents is 1. The minimum Gasteiger partial charge on any atom is -0.507 e. The number of anilines is 1. The van der Waals surface area contributed by atoms with Crippen LogP contribution in [-0.2, 0) is 0 Å². The van der Waals surface area contributed by atoms with Crippen LogP contribution < -0.4 is 15.0 Å². The van der Waals surface area contributed by atoms with Gasteiger partial charge in [0, 0.05) is 35.8 Å². The van der Waals surface area contributed by atoms with Crippen LogP contribution in [0.5, 0.6) is 11.5 Å². The molecule has 0 amide bonds. The lowest BCUT2D eigenvalue weighted by molar-refractivity contribution is 0.343. The van der Waals surface area contributed by atoms with Gasteiger partial charge in [-0.2, -0.15) is 5.10 Å². The zero-order valence-electron chi connectivity index (χ0n) is 19.5. The van der Waals surface area contributed by atoms with Gasteiger partial charge in [0.2, 0.25) is 0 Å². The van der Waals surface area contributed by atoms with Crippen LogP contribution in [0.4, 0.5) is 5.82 Å². The first-order valence-electron chi connectivity index (χ1n) is 12.0. The van der Waals surface area contributed by atoms with E-state index in [4.69, 9.17) is 4.74 Å². The Kier molecular flexibility index (Phi) is 5.28. The van der Waals surface area contributed by atoms with Crippen LogP contribution in [0.15, 0.2) is 30.5 Å². The molecule has 3 atom stereocenters. The lowest BCUT2D eigenvalue weighted by Gasteiger charge is -2.38. The molecule has 2 N–H and O–H groups in total.